The van der Waals surface area contributed by atoms with E-state index in [4.69, 9.17) is 0 Å². The van der Waals surface area contributed by atoms with Crippen LogP contribution >= 0.6 is 0 Å². The summed E-state index contributed by atoms with van der Waals surface area (Å²) in [5, 5.41) is 2.71. The van der Waals surface area contributed by atoms with Gasteiger partial charge in [-0.1, -0.05) is 6.07 Å². The molecule has 1 heterocycles. The summed E-state index contributed by atoms with van der Waals surface area (Å²) in [7, 11) is 0. The molecule has 2 N–H and O–H groups in total. The number of nitrogens with zero attached hydrogens (tertiary/aromatic N) is 1. The lowest BCUT2D eigenvalue weighted by atomic mass is 9.94. The number of halogens is 2. The molecule has 1 amide bonds. The average Bonchev–Trinajstić information content (AvgIpc) is 3.33. The second-order valence-corrected chi connectivity index (χ2v) is 6.50. The zero-order chi connectivity index (χ0) is 17.5. The molecule has 3 rings (SSSR count). The Balaban J connectivity index is 1.85. The highest BCUT2D eigenvalue weighted by atomic mass is 19.2. The molecular formula is C17H17F2N3O2. The van der Waals surface area contributed by atoms with Crippen molar-refractivity contribution in [1.82, 2.24) is 15.3 Å². The van der Waals surface area contributed by atoms with E-state index in [0.717, 1.165) is 31.0 Å². The van der Waals surface area contributed by atoms with E-state index in [1.165, 1.54) is 6.07 Å². The number of carbonyl (C=O) groups excluding carboxylic acids is 1. The van der Waals surface area contributed by atoms with Crippen LogP contribution in [0.1, 0.15) is 54.5 Å². The number of hydrogen-bond acceptors (Lipinski definition) is 3. The monoisotopic (exact) mass is 333 g/mol. The van der Waals surface area contributed by atoms with Crippen LogP contribution in [0.15, 0.2) is 29.1 Å². The molecule has 1 aromatic carbocycles. The van der Waals surface area contributed by atoms with Crippen LogP contribution in [0.4, 0.5) is 8.78 Å². The fraction of sp³-hybridized carbons (Fsp3) is 0.353. The third kappa shape index (κ3) is 3.34. The van der Waals surface area contributed by atoms with Gasteiger partial charge in [-0.2, -0.15) is 0 Å². The SMILES string of the molecule is CC(C)(NC(=O)c1cc(=O)[nH]c(C2CC2)n1)c1ccc(F)c(F)c1. The zero-order valence-corrected chi connectivity index (χ0v) is 13.3. The normalized spacial score (nSPS) is 14.5. The number of H-pyrrole nitrogens is 1. The first-order valence-electron chi connectivity index (χ1n) is 7.65. The smallest absolute Gasteiger partial charge is 0.270 e. The van der Waals surface area contributed by atoms with Crippen molar-refractivity contribution in [2.24, 2.45) is 0 Å². The van der Waals surface area contributed by atoms with Gasteiger partial charge in [0.1, 0.15) is 11.5 Å². The highest BCUT2D eigenvalue weighted by Gasteiger charge is 2.29. The molecule has 2 aromatic rings. The van der Waals surface area contributed by atoms with Crippen LogP contribution in [0.2, 0.25) is 0 Å². The van der Waals surface area contributed by atoms with Gasteiger partial charge in [0, 0.05) is 12.0 Å². The molecule has 0 bridgehead atoms. The van der Waals surface area contributed by atoms with Gasteiger partial charge in [-0.15, -0.1) is 0 Å². The van der Waals surface area contributed by atoms with Crippen molar-refractivity contribution < 1.29 is 13.6 Å². The van der Waals surface area contributed by atoms with E-state index >= 15 is 0 Å². The third-order valence-electron chi connectivity index (χ3n) is 4.02. The molecule has 0 aliphatic heterocycles. The molecule has 0 atom stereocenters. The number of benzene rings is 1. The summed E-state index contributed by atoms with van der Waals surface area (Å²) in [6.45, 7) is 3.32. The number of hydrogen-bond donors (Lipinski definition) is 2. The standard InChI is InChI=1S/C17H17F2N3O2/c1-17(2,10-5-6-11(18)12(19)7-10)22-16(24)13-8-14(23)21-15(20-13)9-3-4-9/h5-9H,3-4H2,1-2H3,(H,22,24)(H,20,21,23). The van der Waals surface area contributed by atoms with E-state index in [1.54, 1.807) is 13.8 Å². The van der Waals surface area contributed by atoms with E-state index in [0.29, 0.717) is 11.4 Å². The van der Waals surface area contributed by atoms with Gasteiger partial charge in [-0.05, 0) is 44.4 Å². The first kappa shape index (κ1) is 16.3. The number of rotatable bonds is 4. The maximum atomic E-state index is 13.4. The van der Waals surface area contributed by atoms with E-state index in [-0.39, 0.29) is 17.2 Å². The average molecular weight is 333 g/mol. The van der Waals surface area contributed by atoms with Crippen molar-refractivity contribution in [1.29, 1.82) is 0 Å². The van der Waals surface area contributed by atoms with Gasteiger partial charge >= 0.3 is 0 Å². The molecule has 0 unspecified atom stereocenters. The van der Waals surface area contributed by atoms with Gasteiger partial charge in [0.15, 0.2) is 11.6 Å². The zero-order valence-electron chi connectivity index (χ0n) is 13.3. The third-order valence-corrected chi connectivity index (χ3v) is 4.02. The van der Waals surface area contributed by atoms with Gasteiger partial charge < -0.3 is 10.3 Å². The fourth-order valence-electron chi connectivity index (χ4n) is 2.45. The Bertz CT molecular complexity index is 857. The summed E-state index contributed by atoms with van der Waals surface area (Å²) in [5.74, 6) is -1.77. The molecule has 1 fully saturated rings. The van der Waals surface area contributed by atoms with Crippen LogP contribution in [0.25, 0.3) is 0 Å². The molecule has 1 aliphatic rings. The largest absolute Gasteiger partial charge is 0.342 e. The Morgan fingerprint density at radius 1 is 1.25 bits per heavy atom. The Morgan fingerprint density at radius 2 is 1.96 bits per heavy atom. The summed E-state index contributed by atoms with van der Waals surface area (Å²) < 4.78 is 26.5. The van der Waals surface area contributed by atoms with Gasteiger partial charge in [-0.3, -0.25) is 9.59 Å². The predicted molar refractivity (Wildman–Crippen MR) is 83.7 cm³/mol. The number of nitrogens with one attached hydrogen (secondary N) is 2. The first-order valence-corrected chi connectivity index (χ1v) is 7.65. The maximum Gasteiger partial charge on any atom is 0.270 e. The Kier molecular flexibility index (Phi) is 3.95. The van der Waals surface area contributed by atoms with Crippen molar-refractivity contribution >= 4 is 5.91 Å². The number of aromatic amines is 1. The fourth-order valence-corrected chi connectivity index (χ4v) is 2.45. The summed E-state index contributed by atoms with van der Waals surface area (Å²) in [6, 6.07) is 4.58. The molecule has 1 aromatic heterocycles. The van der Waals surface area contributed by atoms with Crippen molar-refractivity contribution in [2.75, 3.05) is 0 Å². The van der Waals surface area contributed by atoms with Crippen LogP contribution in [0, 0.1) is 11.6 Å². The second-order valence-electron chi connectivity index (χ2n) is 6.50. The van der Waals surface area contributed by atoms with Gasteiger partial charge in [0.2, 0.25) is 0 Å². The van der Waals surface area contributed by atoms with E-state index in [9.17, 15) is 18.4 Å². The van der Waals surface area contributed by atoms with Crippen molar-refractivity contribution in [3.8, 4) is 0 Å². The first-order chi connectivity index (χ1) is 11.3. The van der Waals surface area contributed by atoms with Crippen LogP contribution in [-0.4, -0.2) is 15.9 Å². The minimum atomic E-state index is -0.986. The Labute approximate surface area is 137 Å². The van der Waals surface area contributed by atoms with E-state index < -0.39 is 23.1 Å². The molecule has 1 aliphatic carbocycles. The Morgan fingerprint density at radius 3 is 2.58 bits per heavy atom. The minimum absolute atomic E-state index is 0.0105. The summed E-state index contributed by atoms with van der Waals surface area (Å²) in [4.78, 5) is 31.0. The molecule has 24 heavy (non-hydrogen) atoms. The lowest BCUT2D eigenvalue weighted by molar-refractivity contribution is 0.0906. The highest BCUT2D eigenvalue weighted by molar-refractivity contribution is 5.92. The molecule has 5 nitrogen and oxygen atoms in total. The number of carbonyl (C=O) groups is 1. The maximum absolute atomic E-state index is 13.4. The van der Waals surface area contributed by atoms with Crippen LogP contribution in [0.5, 0.6) is 0 Å². The summed E-state index contributed by atoms with van der Waals surface area (Å²) in [5.41, 5.74) is -0.934. The molecule has 0 spiro atoms. The van der Waals surface area contributed by atoms with E-state index in [2.05, 4.69) is 15.3 Å². The number of aromatic nitrogens is 2. The van der Waals surface area contributed by atoms with Crippen LogP contribution in [0.3, 0.4) is 0 Å². The quantitative estimate of drug-likeness (QED) is 0.903. The molecule has 1 saturated carbocycles. The number of amides is 1. The molecular weight excluding hydrogens is 316 g/mol. The van der Waals surface area contributed by atoms with Crippen molar-refractivity contribution in [3.05, 3.63) is 63.3 Å². The van der Waals surface area contributed by atoms with Crippen LogP contribution in [-0.2, 0) is 5.54 Å². The molecule has 7 heteroatoms. The predicted octanol–water partition coefficient (Wildman–Crippen LogP) is 2.59. The van der Waals surface area contributed by atoms with Crippen molar-refractivity contribution in [3.63, 3.8) is 0 Å². The lowest BCUT2D eigenvalue weighted by Crippen LogP contribution is -2.42. The van der Waals surface area contributed by atoms with Gasteiger partial charge in [0.25, 0.3) is 11.5 Å². The van der Waals surface area contributed by atoms with Gasteiger partial charge in [-0.25, -0.2) is 13.8 Å². The van der Waals surface area contributed by atoms with Crippen LogP contribution < -0.4 is 10.9 Å². The molecule has 0 radical (unpaired) electrons. The topological polar surface area (TPSA) is 74.8 Å². The lowest BCUT2D eigenvalue weighted by Gasteiger charge is -2.27. The van der Waals surface area contributed by atoms with E-state index in [1.807, 2.05) is 0 Å². The second kappa shape index (κ2) is 5.81. The molecule has 0 saturated heterocycles. The van der Waals surface area contributed by atoms with Crippen molar-refractivity contribution in [2.45, 2.75) is 38.1 Å². The highest BCUT2D eigenvalue weighted by Crippen LogP contribution is 2.37. The minimum Gasteiger partial charge on any atom is -0.342 e. The Hall–Kier alpha value is -2.57. The summed E-state index contributed by atoms with van der Waals surface area (Å²) >= 11 is 0. The van der Waals surface area contributed by atoms with Gasteiger partial charge in [0.05, 0.1) is 5.54 Å². The molecule has 126 valence electrons. The summed E-state index contributed by atoms with van der Waals surface area (Å²) in [6.07, 6.45) is 1.88.